The Hall–Kier alpha value is -3.93. The topological polar surface area (TPSA) is 78.9 Å². The Labute approximate surface area is 463 Å². The number of rotatable bonds is 56. The number of carbonyl (C=O) groups excluding carboxylic acids is 3. The number of ether oxygens (including phenoxy) is 3. The molecule has 0 saturated heterocycles. The van der Waals surface area contributed by atoms with Crippen LogP contribution in [0.25, 0.3) is 0 Å². The minimum Gasteiger partial charge on any atom is -0.462 e. The lowest BCUT2D eigenvalue weighted by Gasteiger charge is -2.18. The molecule has 0 radical (unpaired) electrons. The van der Waals surface area contributed by atoms with Crippen molar-refractivity contribution in [2.24, 2.45) is 0 Å². The van der Waals surface area contributed by atoms with Gasteiger partial charge >= 0.3 is 17.9 Å². The highest BCUT2D eigenvalue weighted by molar-refractivity contribution is 5.71. The van der Waals surface area contributed by atoms with Gasteiger partial charge in [0.15, 0.2) is 6.10 Å². The van der Waals surface area contributed by atoms with Crippen LogP contribution in [0.2, 0.25) is 0 Å². The third-order valence-corrected chi connectivity index (χ3v) is 13.3. The van der Waals surface area contributed by atoms with Crippen LogP contribution >= 0.6 is 0 Å². The molecule has 6 heteroatoms. The van der Waals surface area contributed by atoms with E-state index in [1.54, 1.807) is 0 Å². The van der Waals surface area contributed by atoms with Gasteiger partial charge in [0.05, 0.1) is 0 Å². The number of hydrogen-bond acceptors (Lipinski definition) is 6. The molecule has 0 amide bonds. The van der Waals surface area contributed by atoms with Gasteiger partial charge in [-0.15, -0.1) is 0 Å². The Bertz CT molecular complexity index is 1520. The van der Waals surface area contributed by atoms with E-state index in [4.69, 9.17) is 14.2 Å². The molecule has 0 aromatic carbocycles. The lowest BCUT2D eigenvalue weighted by molar-refractivity contribution is -0.167. The van der Waals surface area contributed by atoms with Gasteiger partial charge in [-0.3, -0.25) is 14.4 Å². The van der Waals surface area contributed by atoms with Gasteiger partial charge in [0.1, 0.15) is 13.2 Å². The van der Waals surface area contributed by atoms with Crippen molar-refractivity contribution < 1.29 is 28.6 Å². The summed E-state index contributed by atoms with van der Waals surface area (Å²) in [6.07, 6.45) is 85.2. The largest absolute Gasteiger partial charge is 0.462 e. The van der Waals surface area contributed by atoms with E-state index in [1.807, 2.05) is 0 Å². The second-order valence-corrected chi connectivity index (χ2v) is 20.6. The quantitative estimate of drug-likeness (QED) is 0.0261. The Morgan fingerprint density at radius 3 is 0.893 bits per heavy atom. The molecule has 0 saturated carbocycles. The average Bonchev–Trinajstić information content (AvgIpc) is 3.41. The van der Waals surface area contributed by atoms with Crippen molar-refractivity contribution in [1.82, 2.24) is 0 Å². The summed E-state index contributed by atoms with van der Waals surface area (Å²) in [5.41, 5.74) is 0. The highest BCUT2D eigenvalue weighted by Crippen LogP contribution is 2.16. The van der Waals surface area contributed by atoms with Crippen LogP contribution in [0.5, 0.6) is 0 Å². The fourth-order valence-electron chi connectivity index (χ4n) is 8.58. The summed E-state index contributed by atoms with van der Waals surface area (Å²) in [5, 5.41) is 0. The van der Waals surface area contributed by atoms with Crippen molar-refractivity contribution in [3.8, 4) is 0 Å². The molecular formula is C69H116O6. The zero-order valence-electron chi connectivity index (χ0n) is 49.0. The van der Waals surface area contributed by atoms with Crippen molar-refractivity contribution in [2.45, 2.75) is 297 Å². The molecule has 6 nitrogen and oxygen atoms in total. The van der Waals surface area contributed by atoms with Crippen LogP contribution < -0.4 is 0 Å². The third kappa shape index (κ3) is 60.8. The van der Waals surface area contributed by atoms with Gasteiger partial charge in [-0.25, -0.2) is 0 Å². The van der Waals surface area contributed by atoms with Crippen molar-refractivity contribution in [3.05, 3.63) is 109 Å². The Kier molecular flexibility index (Phi) is 59.3. The molecule has 0 spiro atoms. The lowest BCUT2D eigenvalue weighted by Crippen LogP contribution is -2.30. The molecule has 0 aromatic heterocycles. The number of hydrogen-bond donors (Lipinski definition) is 0. The predicted molar refractivity (Wildman–Crippen MR) is 325 cm³/mol. The molecule has 0 fully saturated rings. The van der Waals surface area contributed by atoms with E-state index in [0.717, 1.165) is 116 Å². The van der Waals surface area contributed by atoms with Gasteiger partial charge < -0.3 is 14.2 Å². The van der Waals surface area contributed by atoms with Crippen molar-refractivity contribution in [2.75, 3.05) is 13.2 Å². The van der Waals surface area contributed by atoms with Crippen LogP contribution in [0.15, 0.2) is 109 Å². The fourth-order valence-corrected chi connectivity index (χ4v) is 8.58. The average molecular weight is 1040 g/mol. The van der Waals surface area contributed by atoms with E-state index in [1.165, 1.54) is 128 Å². The first-order valence-electron chi connectivity index (χ1n) is 31.4. The summed E-state index contributed by atoms with van der Waals surface area (Å²) in [4.78, 5) is 38.3. The second-order valence-electron chi connectivity index (χ2n) is 20.6. The molecule has 0 aliphatic carbocycles. The van der Waals surface area contributed by atoms with Gasteiger partial charge in [0.2, 0.25) is 0 Å². The number of unbranched alkanes of at least 4 members (excludes halogenated alkanes) is 27. The molecule has 0 N–H and O–H groups in total. The molecule has 0 rings (SSSR count). The molecule has 75 heavy (non-hydrogen) atoms. The summed E-state index contributed by atoms with van der Waals surface area (Å²) >= 11 is 0. The Morgan fingerprint density at radius 2 is 0.533 bits per heavy atom. The van der Waals surface area contributed by atoms with Crippen molar-refractivity contribution >= 4 is 17.9 Å². The number of carbonyl (C=O) groups is 3. The molecule has 428 valence electrons. The summed E-state index contributed by atoms with van der Waals surface area (Å²) in [7, 11) is 0. The molecule has 0 aliphatic rings. The monoisotopic (exact) mass is 1040 g/mol. The smallest absolute Gasteiger partial charge is 0.306 e. The SMILES string of the molecule is CC/C=C\C/C=C\C/C=C\C/C=C\C/C=C\C/C=C\C/C=C\CCCC(=O)OCC(COC(=O)CCCCCCC/C=C\C/C=C\CCCCC)OC(=O)CCCCCCCCCCCCCCCCCCCCC. The molecule has 1 unspecified atom stereocenters. The minimum absolute atomic E-state index is 0.103. The Balaban J connectivity index is 4.48. The standard InChI is InChI=1S/C69H116O6/c1-4-7-10-13-16-19-22-25-28-30-32-33-34-35-37-38-41-44-47-50-53-56-59-62-68(71)74-65-66(64-73-67(70)61-58-55-52-49-46-43-40-27-24-21-18-15-12-9-6-3)75-69(72)63-60-57-54-51-48-45-42-39-36-31-29-26-23-20-17-14-11-8-5-2/h7,10,16,18-19,21,25,27-28,32-33,35,37,40-41,44,50,53,66H,4-6,8-9,11-15,17,20,22-24,26,29-31,34,36,38-39,42-43,45-49,51-52,54-65H2,1-3H3/b10-7-,19-16-,21-18-,28-25-,33-32-,37-35-,40-27-,44-41-,53-50-. The second kappa shape index (κ2) is 62.6. The first-order chi connectivity index (χ1) is 37.0. The number of esters is 3. The van der Waals surface area contributed by atoms with Gasteiger partial charge in [0, 0.05) is 19.3 Å². The van der Waals surface area contributed by atoms with Gasteiger partial charge in [-0.2, -0.15) is 0 Å². The molecular weight excluding hydrogens is 925 g/mol. The van der Waals surface area contributed by atoms with Gasteiger partial charge in [0.25, 0.3) is 0 Å². The molecule has 1 atom stereocenters. The van der Waals surface area contributed by atoms with Gasteiger partial charge in [-0.05, 0) is 103 Å². The lowest BCUT2D eigenvalue weighted by atomic mass is 10.0. The summed E-state index contributed by atoms with van der Waals surface area (Å²) in [6.45, 7) is 6.46. The van der Waals surface area contributed by atoms with E-state index < -0.39 is 6.10 Å². The maximum Gasteiger partial charge on any atom is 0.306 e. The summed E-state index contributed by atoms with van der Waals surface area (Å²) in [6, 6.07) is 0. The van der Waals surface area contributed by atoms with E-state index in [2.05, 4.69) is 130 Å². The highest BCUT2D eigenvalue weighted by Gasteiger charge is 2.19. The predicted octanol–water partition coefficient (Wildman–Crippen LogP) is 21.4. The molecule has 0 bridgehead atoms. The minimum atomic E-state index is -0.809. The van der Waals surface area contributed by atoms with Gasteiger partial charge in [-0.1, -0.05) is 278 Å². The molecule has 0 aliphatic heterocycles. The van der Waals surface area contributed by atoms with Crippen LogP contribution in [0, 0.1) is 0 Å². The summed E-state index contributed by atoms with van der Waals surface area (Å²) < 4.78 is 16.9. The van der Waals surface area contributed by atoms with Crippen molar-refractivity contribution in [1.29, 1.82) is 0 Å². The normalized spacial score (nSPS) is 12.8. The first-order valence-corrected chi connectivity index (χ1v) is 31.4. The van der Waals surface area contributed by atoms with E-state index in [0.29, 0.717) is 19.3 Å². The van der Waals surface area contributed by atoms with Crippen LogP contribution in [0.1, 0.15) is 290 Å². The van der Waals surface area contributed by atoms with Crippen LogP contribution in [-0.4, -0.2) is 37.2 Å². The number of allylic oxidation sites excluding steroid dienone is 18. The zero-order chi connectivity index (χ0) is 54.3. The fraction of sp³-hybridized carbons (Fsp3) is 0.696. The van der Waals surface area contributed by atoms with Crippen molar-refractivity contribution in [3.63, 3.8) is 0 Å². The van der Waals surface area contributed by atoms with E-state index >= 15 is 0 Å². The van der Waals surface area contributed by atoms with Crippen LogP contribution in [0.4, 0.5) is 0 Å². The van der Waals surface area contributed by atoms with Crippen LogP contribution in [-0.2, 0) is 28.6 Å². The van der Waals surface area contributed by atoms with E-state index in [-0.39, 0.29) is 37.5 Å². The molecule has 0 heterocycles. The maximum absolute atomic E-state index is 12.9. The first kappa shape index (κ1) is 71.1. The van der Waals surface area contributed by atoms with E-state index in [9.17, 15) is 14.4 Å². The zero-order valence-corrected chi connectivity index (χ0v) is 49.0. The molecule has 0 aromatic rings. The highest BCUT2D eigenvalue weighted by atomic mass is 16.6. The third-order valence-electron chi connectivity index (χ3n) is 13.3. The Morgan fingerprint density at radius 1 is 0.280 bits per heavy atom. The maximum atomic E-state index is 12.9. The van der Waals surface area contributed by atoms with Crippen LogP contribution in [0.3, 0.4) is 0 Å². The summed E-state index contributed by atoms with van der Waals surface area (Å²) in [5.74, 6) is -0.968.